The van der Waals surface area contributed by atoms with E-state index in [1.165, 1.54) is 11.1 Å². The summed E-state index contributed by atoms with van der Waals surface area (Å²) in [7, 11) is 4.11. The molecule has 0 unspecified atom stereocenters. The summed E-state index contributed by atoms with van der Waals surface area (Å²) in [4.78, 5) is 4.52. The fourth-order valence-corrected chi connectivity index (χ4v) is 3.86. The van der Waals surface area contributed by atoms with Gasteiger partial charge in [0.15, 0.2) is 6.20 Å². The normalized spacial score (nSPS) is 11.5. The Morgan fingerprint density at radius 3 is 2.59 bits per heavy atom. The first-order valence-corrected chi connectivity index (χ1v) is 9.02. The molecule has 0 saturated heterocycles. The van der Waals surface area contributed by atoms with Crippen molar-refractivity contribution in [3.8, 4) is 22.6 Å². The lowest BCUT2D eigenvalue weighted by molar-refractivity contribution is -0.659. The smallest absolute Gasteiger partial charge is 0.216 e. The van der Waals surface area contributed by atoms with E-state index in [1.54, 1.807) is 0 Å². The standard InChI is InChI=1S/C23H20N3O/c1-15-16(8-6-9-17(15)23-24-11-12-25(23)2)20-13-22-19(14-26(20)3)18-7-4-5-10-21(18)27-22/h4-14H,1-3H3/q+1. The quantitative estimate of drug-likeness (QED) is 0.427. The first kappa shape index (κ1) is 15.8. The predicted molar refractivity (Wildman–Crippen MR) is 107 cm³/mol. The number of aromatic nitrogens is 3. The van der Waals surface area contributed by atoms with Crippen LogP contribution in [0.1, 0.15) is 5.56 Å². The third-order valence-electron chi connectivity index (χ3n) is 5.30. The van der Waals surface area contributed by atoms with Gasteiger partial charge in [0.1, 0.15) is 24.0 Å². The lowest BCUT2D eigenvalue weighted by atomic mass is 9.98. The van der Waals surface area contributed by atoms with Crippen molar-refractivity contribution < 1.29 is 8.98 Å². The minimum absolute atomic E-state index is 0.908. The van der Waals surface area contributed by atoms with Crippen molar-refractivity contribution in [2.24, 2.45) is 14.1 Å². The molecule has 5 rings (SSSR count). The number of pyridine rings is 1. The summed E-state index contributed by atoms with van der Waals surface area (Å²) >= 11 is 0. The molecule has 0 fully saturated rings. The molecule has 27 heavy (non-hydrogen) atoms. The molecule has 132 valence electrons. The van der Waals surface area contributed by atoms with Gasteiger partial charge in [0.2, 0.25) is 5.69 Å². The Kier molecular flexibility index (Phi) is 3.41. The van der Waals surface area contributed by atoms with Gasteiger partial charge in [-0.2, -0.15) is 0 Å². The summed E-state index contributed by atoms with van der Waals surface area (Å²) in [6.45, 7) is 2.15. The van der Waals surface area contributed by atoms with Crippen molar-refractivity contribution in [2.75, 3.05) is 0 Å². The summed E-state index contributed by atoms with van der Waals surface area (Å²) < 4.78 is 10.3. The predicted octanol–water partition coefficient (Wildman–Crippen LogP) is 4.79. The molecule has 0 aliphatic carbocycles. The molecule has 0 aliphatic heterocycles. The van der Waals surface area contributed by atoms with Gasteiger partial charge in [-0.25, -0.2) is 9.55 Å². The molecular weight excluding hydrogens is 334 g/mol. The number of imidazole rings is 1. The number of nitrogens with zero attached hydrogens (tertiary/aromatic N) is 3. The van der Waals surface area contributed by atoms with E-state index in [-0.39, 0.29) is 0 Å². The van der Waals surface area contributed by atoms with E-state index >= 15 is 0 Å². The van der Waals surface area contributed by atoms with Gasteiger partial charge in [-0.1, -0.05) is 30.3 Å². The van der Waals surface area contributed by atoms with Crippen molar-refractivity contribution >= 4 is 21.9 Å². The van der Waals surface area contributed by atoms with Crippen molar-refractivity contribution in [3.05, 3.63) is 72.7 Å². The van der Waals surface area contributed by atoms with Gasteiger partial charge in [-0.3, -0.25) is 0 Å². The van der Waals surface area contributed by atoms with Crippen LogP contribution in [0.25, 0.3) is 44.6 Å². The second-order valence-electron chi connectivity index (χ2n) is 6.99. The minimum Gasteiger partial charge on any atom is -0.456 e. The van der Waals surface area contributed by atoms with Crippen LogP contribution in [0.2, 0.25) is 0 Å². The summed E-state index contributed by atoms with van der Waals surface area (Å²) in [6, 6.07) is 16.7. The average Bonchev–Trinajstić information content (AvgIpc) is 3.25. The van der Waals surface area contributed by atoms with E-state index in [4.69, 9.17) is 4.42 Å². The van der Waals surface area contributed by atoms with Crippen LogP contribution in [0.5, 0.6) is 0 Å². The van der Waals surface area contributed by atoms with Crippen molar-refractivity contribution in [1.82, 2.24) is 9.55 Å². The highest BCUT2D eigenvalue weighted by Gasteiger charge is 2.20. The third kappa shape index (κ3) is 2.37. The molecule has 0 spiro atoms. The van der Waals surface area contributed by atoms with Crippen molar-refractivity contribution in [2.45, 2.75) is 6.92 Å². The van der Waals surface area contributed by atoms with E-state index in [0.717, 1.165) is 39.0 Å². The third-order valence-corrected chi connectivity index (χ3v) is 5.30. The van der Waals surface area contributed by atoms with Crippen LogP contribution in [0.15, 0.2) is 71.5 Å². The van der Waals surface area contributed by atoms with Crippen LogP contribution in [0.4, 0.5) is 0 Å². The Bertz CT molecular complexity index is 1310. The van der Waals surface area contributed by atoms with E-state index in [9.17, 15) is 0 Å². The molecule has 4 heteroatoms. The van der Waals surface area contributed by atoms with Gasteiger partial charge in [-0.15, -0.1) is 0 Å². The second kappa shape index (κ2) is 5.81. The SMILES string of the molecule is Cc1c(-c2nccn2C)cccc1-c1cc2oc3ccccc3c2c[n+]1C. The van der Waals surface area contributed by atoms with Gasteiger partial charge in [-0.05, 0) is 24.6 Å². The maximum Gasteiger partial charge on any atom is 0.216 e. The van der Waals surface area contributed by atoms with Crippen LogP contribution < -0.4 is 4.57 Å². The number of furan rings is 1. The van der Waals surface area contributed by atoms with E-state index in [1.807, 2.05) is 37.6 Å². The molecule has 5 aromatic rings. The highest BCUT2D eigenvalue weighted by molar-refractivity contribution is 6.04. The van der Waals surface area contributed by atoms with Gasteiger partial charge in [0, 0.05) is 36.0 Å². The second-order valence-corrected chi connectivity index (χ2v) is 6.99. The summed E-state index contributed by atoms with van der Waals surface area (Å²) in [6.07, 6.45) is 5.97. The molecule has 0 saturated carbocycles. The maximum atomic E-state index is 6.10. The van der Waals surface area contributed by atoms with Gasteiger partial charge < -0.3 is 8.98 Å². The Hall–Kier alpha value is -3.40. The number of para-hydroxylation sites is 1. The fourth-order valence-electron chi connectivity index (χ4n) is 3.86. The summed E-state index contributed by atoms with van der Waals surface area (Å²) in [5.74, 6) is 0.974. The van der Waals surface area contributed by atoms with E-state index in [2.05, 4.69) is 64.6 Å². The minimum atomic E-state index is 0.908. The highest BCUT2D eigenvalue weighted by Crippen LogP contribution is 2.33. The first-order valence-electron chi connectivity index (χ1n) is 9.02. The zero-order valence-electron chi connectivity index (χ0n) is 15.6. The summed E-state index contributed by atoms with van der Waals surface area (Å²) in [5, 5.41) is 2.28. The van der Waals surface area contributed by atoms with Gasteiger partial charge in [0.05, 0.1) is 11.5 Å². The fraction of sp³-hybridized carbons (Fsp3) is 0.130. The molecule has 0 radical (unpaired) electrons. The number of fused-ring (bicyclic) bond motifs is 3. The number of hydrogen-bond acceptors (Lipinski definition) is 2. The Labute approximate surface area is 157 Å². The Balaban J connectivity index is 1.75. The molecule has 4 nitrogen and oxygen atoms in total. The molecule has 0 bridgehead atoms. The van der Waals surface area contributed by atoms with Crippen LogP contribution in [0.3, 0.4) is 0 Å². The lowest BCUT2D eigenvalue weighted by Crippen LogP contribution is -2.30. The first-order chi connectivity index (χ1) is 13.1. The van der Waals surface area contributed by atoms with Gasteiger partial charge in [0.25, 0.3) is 0 Å². The van der Waals surface area contributed by atoms with Gasteiger partial charge >= 0.3 is 0 Å². The largest absolute Gasteiger partial charge is 0.456 e. The maximum absolute atomic E-state index is 6.10. The van der Waals surface area contributed by atoms with Crippen LogP contribution in [-0.4, -0.2) is 9.55 Å². The molecule has 2 aromatic carbocycles. The van der Waals surface area contributed by atoms with Crippen molar-refractivity contribution in [3.63, 3.8) is 0 Å². The number of benzene rings is 2. The number of rotatable bonds is 2. The molecule has 0 aliphatic rings. The Morgan fingerprint density at radius 2 is 1.78 bits per heavy atom. The van der Waals surface area contributed by atoms with Crippen molar-refractivity contribution in [1.29, 1.82) is 0 Å². The number of hydrogen-bond donors (Lipinski definition) is 0. The van der Waals surface area contributed by atoms with E-state index < -0.39 is 0 Å². The van der Waals surface area contributed by atoms with Crippen LogP contribution >= 0.6 is 0 Å². The van der Waals surface area contributed by atoms with Crippen LogP contribution in [-0.2, 0) is 14.1 Å². The zero-order chi connectivity index (χ0) is 18.5. The molecule has 0 atom stereocenters. The molecule has 0 amide bonds. The highest BCUT2D eigenvalue weighted by atomic mass is 16.3. The molecule has 0 N–H and O–H groups in total. The monoisotopic (exact) mass is 354 g/mol. The molecular formula is C23H20N3O+. The zero-order valence-corrected chi connectivity index (χ0v) is 15.6. The van der Waals surface area contributed by atoms with E-state index in [0.29, 0.717) is 0 Å². The average molecular weight is 354 g/mol. The van der Waals surface area contributed by atoms with Crippen LogP contribution in [0, 0.1) is 6.92 Å². The number of aryl methyl sites for hydroxylation is 2. The molecule has 3 heterocycles. The topological polar surface area (TPSA) is 34.8 Å². The lowest BCUT2D eigenvalue weighted by Gasteiger charge is -2.10. The molecule has 3 aromatic heterocycles. The summed E-state index contributed by atoms with van der Waals surface area (Å²) in [5.41, 5.74) is 6.48. The Morgan fingerprint density at radius 1 is 0.963 bits per heavy atom.